The lowest BCUT2D eigenvalue weighted by Crippen LogP contribution is -2.32. The lowest BCUT2D eigenvalue weighted by Gasteiger charge is -2.29. The Kier molecular flexibility index (Phi) is 3.61. The molecule has 1 aliphatic heterocycles. The molecule has 0 spiro atoms. The number of hydrogen-bond donors (Lipinski definition) is 2. The summed E-state index contributed by atoms with van der Waals surface area (Å²) in [5, 5.41) is 3.07. The van der Waals surface area contributed by atoms with E-state index >= 15 is 0 Å². The summed E-state index contributed by atoms with van der Waals surface area (Å²) in [5.74, 6) is 1.21. The first-order valence-corrected chi connectivity index (χ1v) is 7.99. The summed E-state index contributed by atoms with van der Waals surface area (Å²) in [4.78, 5) is 26.7. The molecule has 2 heterocycles. The van der Waals surface area contributed by atoms with E-state index in [0.29, 0.717) is 11.1 Å². The van der Waals surface area contributed by atoms with Crippen LogP contribution in [0.4, 0.5) is 0 Å². The smallest absolute Gasteiger partial charge is 0.253 e. The van der Waals surface area contributed by atoms with Gasteiger partial charge in [0.1, 0.15) is 11.5 Å². The van der Waals surface area contributed by atoms with Gasteiger partial charge in [0, 0.05) is 23.4 Å². The average molecular weight is 332 g/mol. The molecule has 25 heavy (non-hydrogen) atoms. The molecule has 3 aromatic rings. The number of rotatable bonds is 2. The number of H-pyrrole nitrogens is 1. The Morgan fingerprint density at radius 1 is 1.04 bits per heavy atom. The molecular weight excluding hydrogens is 316 g/mol. The van der Waals surface area contributed by atoms with Crippen molar-refractivity contribution in [2.24, 2.45) is 0 Å². The van der Waals surface area contributed by atoms with Crippen molar-refractivity contribution in [2.45, 2.75) is 13.0 Å². The van der Waals surface area contributed by atoms with Crippen molar-refractivity contribution < 1.29 is 9.53 Å². The molecule has 1 aliphatic rings. The van der Waals surface area contributed by atoms with Crippen LogP contribution >= 0.6 is 0 Å². The maximum Gasteiger partial charge on any atom is 0.253 e. The van der Waals surface area contributed by atoms with Crippen molar-refractivity contribution in [3.05, 3.63) is 93.4 Å². The van der Waals surface area contributed by atoms with Crippen molar-refractivity contribution in [3.8, 4) is 11.5 Å². The lowest BCUT2D eigenvalue weighted by molar-refractivity contribution is 0.0940. The monoisotopic (exact) mass is 332 g/mol. The second kappa shape index (κ2) is 5.94. The first-order chi connectivity index (χ1) is 12.1. The van der Waals surface area contributed by atoms with Crippen LogP contribution in [0.2, 0.25) is 0 Å². The molecule has 2 aromatic carbocycles. The van der Waals surface area contributed by atoms with E-state index in [0.717, 1.165) is 22.6 Å². The van der Waals surface area contributed by atoms with Crippen molar-refractivity contribution in [2.75, 3.05) is 0 Å². The number of aryl methyl sites for hydroxylation is 1. The zero-order valence-electron chi connectivity index (χ0n) is 13.6. The van der Waals surface area contributed by atoms with E-state index in [1.807, 2.05) is 48.5 Å². The van der Waals surface area contributed by atoms with E-state index in [-0.39, 0.29) is 17.5 Å². The molecule has 1 amide bonds. The zero-order valence-corrected chi connectivity index (χ0v) is 13.6. The Bertz CT molecular complexity index is 978. The average Bonchev–Trinajstić information content (AvgIpc) is 2.61. The zero-order chi connectivity index (χ0) is 17.4. The van der Waals surface area contributed by atoms with Crippen LogP contribution in [-0.2, 0) is 0 Å². The molecule has 4 rings (SSSR count). The number of ether oxygens (including phenoxy) is 1. The fourth-order valence-electron chi connectivity index (χ4n) is 3.09. The number of benzene rings is 2. The molecule has 0 fully saturated rings. The van der Waals surface area contributed by atoms with Gasteiger partial charge in [-0.3, -0.25) is 9.59 Å². The standard InChI is InChI=1S/C20H16N2O3/c1-12-10-18(23)21-11-15(12)20(24)22-19-13-6-2-4-8-16(13)25-17-9-5-3-7-14(17)19/h2-11,19H,1H3,(H,21,23)(H,22,24). The van der Waals surface area contributed by atoms with Crippen LogP contribution in [0.25, 0.3) is 0 Å². The van der Waals surface area contributed by atoms with E-state index in [2.05, 4.69) is 10.3 Å². The molecule has 124 valence electrons. The largest absolute Gasteiger partial charge is 0.457 e. The number of fused-ring (bicyclic) bond motifs is 2. The first kappa shape index (κ1) is 15.2. The normalized spacial score (nSPS) is 12.7. The molecule has 2 N–H and O–H groups in total. The molecule has 0 saturated heterocycles. The molecule has 0 aliphatic carbocycles. The van der Waals surface area contributed by atoms with Gasteiger partial charge >= 0.3 is 0 Å². The third kappa shape index (κ3) is 2.70. The Balaban J connectivity index is 1.75. The number of aromatic nitrogens is 1. The van der Waals surface area contributed by atoms with Crippen LogP contribution in [0.5, 0.6) is 11.5 Å². The third-order valence-electron chi connectivity index (χ3n) is 4.33. The summed E-state index contributed by atoms with van der Waals surface area (Å²) in [7, 11) is 0. The molecule has 5 nitrogen and oxygen atoms in total. The number of nitrogens with one attached hydrogen (secondary N) is 2. The summed E-state index contributed by atoms with van der Waals surface area (Å²) in [6.45, 7) is 1.75. The Morgan fingerprint density at radius 2 is 1.64 bits per heavy atom. The maximum absolute atomic E-state index is 12.8. The van der Waals surface area contributed by atoms with E-state index in [1.54, 1.807) is 6.92 Å². The van der Waals surface area contributed by atoms with Gasteiger partial charge < -0.3 is 15.0 Å². The van der Waals surface area contributed by atoms with Crippen LogP contribution < -0.4 is 15.6 Å². The topological polar surface area (TPSA) is 71.2 Å². The summed E-state index contributed by atoms with van der Waals surface area (Å²) >= 11 is 0. The minimum atomic E-state index is -0.319. The molecule has 0 unspecified atom stereocenters. The Morgan fingerprint density at radius 3 is 2.24 bits per heavy atom. The van der Waals surface area contributed by atoms with E-state index < -0.39 is 0 Å². The fourth-order valence-corrected chi connectivity index (χ4v) is 3.09. The number of amides is 1. The van der Waals surface area contributed by atoms with Gasteiger partial charge in [-0.25, -0.2) is 0 Å². The highest BCUT2D eigenvalue weighted by Gasteiger charge is 2.28. The Labute approximate surface area is 144 Å². The van der Waals surface area contributed by atoms with Gasteiger partial charge in [0.25, 0.3) is 5.91 Å². The maximum atomic E-state index is 12.8. The molecule has 0 atom stereocenters. The fraction of sp³-hybridized carbons (Fsp3) is 0.100. The molecule has 1 aromatic heterocycles. The minimum Gasteiger partial charge on any atom is -0.457 e. The molecule has 0 saturated carbocycles. The molecule has 0 bridgehead atoms. The van der Waals surface area contributed by atoms with Crippen molar-refractivity contribution in [3.63, 3.8) is 0 Å². The van der Waals surface area contributed by atoms with Gasteiger partial charge in [0.2, 0.25) is 5.56 Å². The van der Waals surface area contributed by atoms with Crippen molar-refractivity contribution in [1.29, 1.82) is 0 Å². The van der Waals surface area contributed by atoms with Crippen molar-refractivity contribution >= 4 is 5.91 Å². The van der Waals surface area contributed by atoms with Gasteiger partial charge in [0.05, 0.1) is 11.6 Å². The second-order valence-electron chi connectivity index (χ2n) is 5.98. The van der Waals surface area contributed by atoms with Gasteiger partial charge in [-0.1, -0.05) is 36.4 Å². The van der Waals surface area contributed by atoms with Crippen LogP contribution in [0.3, 0.4) is 0 Å². The van der Waals surface area contributed by atoms with E-state index in [4.69, 9.17) is 4.74 Å². The number of aromatic amines is 1. The van der Waals surface area contributed by atoms with Crippen LogP contribution in [0, 0.1) is 6.92 Å². The minimum absolute atomic E-state index is 0.226. The third-order valence-corrected chi connectivity index (χ3v) is 4.33. The quantitative estimate of drug-likeness (QED) is 0.756. The van der Waals surface area contributed by atoms with E-state index in [1.165, 1.54) is 12.3 Å². The molecule has 0 radical (unpaired) electrons. The van der Waals surface area contributed by atoms with Crippen LogP contribution in [0.1, 0.15) is 33.1 Å². The van der Waals surface area contributed by atoms with Crippen LogP contribution in [0.15, 0.2) is 65.6 Å². The van der Waals surface area contributed by atoms with Crippen LogP contribution in [-0.4, -0.2) is 10.9 Å². The van der Waals surface area contributed by atoms with Gasteiger partial charge in [0.15, 0.2) is 0 Å². The number of carbonyl (C=O) groups is 1. The second-order valence-corrected chi connectivity index (χ2v) is 5.98. The predicted molar refractivity (Wildman–Crippen MR) is 94.1 cm³/mol. The number of hydrogen-bond acceptors (Lipinski definition) is 3. The summed E-state index contributed by atoms with van der Waals surface area (Å²) in [6, 6.07) is 16.4. The van der Waals surface area contributed by atoms with Crippen molar-refractivity contribution in [1.82, 2.24) is 10.3 Å². The number of pyridine rings is 1. The highest BCUT2D eigenvalue weighted by atomic mass is 16.5. The van der Waals surface area contributed by atoms with Gasteiger partial charge in [-0.05, 0) is 24.6 Å². The highest BCUT2D eigenvalue weighted by Crippen LogP contribution is 2.42. The van der Waals surface area contributed by atoms with E-state index in [9.17, 15) is 9.59 Å². The number of para-hydroxylation sites is 2. The Hall–Kier alpha value is -3.34. The lowest BCUT2D eigenvalue weighted by atomic mass is 9.94. The summed E-state index contributed by atoms with van der Waals surface area (Å²) in [6.07, 6.45) is 1.45. The highest BCUT2D eigenvalue weighted by molar-refractivity contribution is 5.95. The summed E-state index contributed by atoms with van der Waals surface area (Å²) < 4.78 is 5.94. The predicted octanol–water partition coefficient (Wildman–Crippen LogP) is 3.31. The first-order valence-electron chi connectivity index (χ1n) is 7.99. The molecular formula is C20H16N2O3. The number of carbonyl (C=O) groups excluding carboxylic acids is 1. The summed E-state index contributed by atoms with van der Waals surface area (Å²) in [5.41, 5.74) is 2.65. The van der Waals surface area contributed by atoms with Gasteiger partial charge in [-0.2, -0.15) is 0 Å². The SMILES string of the molecule is Cc1cc(=O)[nH]cc1C(=O)NC1c2ccccc2Oc2ccccc21. The molecule has 5 heteroatoms. The van der Waals surface area contributed by atoms with Gasteiger partial charge in [-0.15, -0.1) is 0 Å².